The molecule has 0 amide bonds. The Labute approximate surface area is 124 Å². The number of ether oxygens (including phenoxy) is 1. The number of aryl methyl sites for hydroxylation is 2. The second kappa shape index (κ2) is 5.06. The Bertz CT molecular complexity index is 804. The van der Waals surface area contributed by atoms with Crippen molar-refractivity contribution in [1.29, 1.82) is 0 Å². The van der Waals surface area contributed by atoms with Crippen LogP contribution in [0.4, 0.5) is 0 Å². The van der Waals surface area contributed by atoms with Crippen molar-refractivity contribution in [3.63, 3.8) is 0 Å². The molecule has 108 valence electrons. The predicted molar refractivity (Wildman–Crippen MR) is 86.0 cm³/mol. The number of rotatable bonds is 1. The SMILES string of the molecule is COc1ccc2c(c1)[nH]c1cc3c(nc12)CCCCCC3. The number of methoxy groups -OCH3 is 1. The molecule has 1 aliphatic carbocycles. The summed E-state index contributed by atoms with van der Waals surface area (Å²) < 4.78 is 5.31. The molecular formula is C18H20N2O. The first-order chi connectivity index (χ1) is 10.3. The maximum Gasteiger partial charge on any atom is 0.120 e. The molecule has 1 N–H and O–H groups in total. The number of hydrogen-bond donors (Lipinski definition) is 1. The van der Waals surface area contributed by atoms with Crippen LogP contribution in [0.2, 0.25) is 0 Å². The molecule has 0 saturated carbocycles. The lowest BCUT2D eigenvalue weighted by Crippen LogP contribution is -2.02. The molecule has 21 heavy (non-hydrogen) atoms. The summed E-state index contributed by atoms with van der Waals surface area (Å²) in [6.07, 6.45) is 7.52. The zero-order valence-corrected chi connectivity index (χ0v) is 12.4. The zero-order chi connectivity index (χ0) is 14.2. The van der Waals surface area contributed by atoms with E-state index in [-0.39, 0.29) is 0 Å². The Morgan fingerprint density at radius 1 is 1.00 bits per heavy atom. The minimum atomic E-state index is 0.882. The summed E-state index contributed by atoms with van der Waals surface area (Å²) in [5.74, 6) is 0.882. The fraction of sp³-hybridized carbons (Fsp3) is 0.389. The van der Waals surface area contributed by atoms with Gasteiger partial charge < -0.3 is 9.72 Å². The van der Waals surface area contributed by atoms with Gasteiger partial charge in [0.1, 0.15) is 5.75 Å². The number of fused-ring (bicyclic) bond motifs is 4. The van der Waals surface area contributed by atoms with E-state index in [2.05, 4.69) is 23.2 Å². The third kappa shape index (κ3) is 2.17. The van der Waals surface area contributed by atoms with Crippen LogP contribution in [-0.2, 0) is 12.8 Å². The van der Waals surface area contributed by atoms with Crippen LogP contribution in [0, 0.1) is 0 Å². The number of aromatic amines is 1. The normalized spacial score (nSPS) is 15.7. The molecule has 0 radical (unpaired) electrons. The fourth-order valence-electron chi connectivity index (χ4n) is 3.39. The number of nitrogens with one attached hydrogen (secondary N) is 1. The summed E-state index contributed by atoms with van der Waals surface area (Å²) in [4.78, 5) is 8.49. The Hall–Kier alpha value is -2.03. The van der Waals surface area contributed by atoms with Gasteiger partial charge in [0.15, 0.2) is 0 Å². The maximum atomic E-state index is 5.31. The van der Waals surface area contributed by atoms with Gasteiger partial charge in [0.2, 0.25) is 0 Å². The summed E-state index contributed by atoms with van der Waals surface area (Å²) in [6, 6.07) is 8.48. The molecule has 0 unspecified atom stereocenters. The van der Waals surface area contributed by atoms with Gasteiger partial charge in [-0.3, -0.25) is 4.98 Å². The van der Waals surface area contributed by atoms with Crippen LogP contribution >= 0.6 is 0 Å². The molecule has 4 rings (SSSR count). The van der Waals surface area contributed by atoms with E-state index in [4.69, 9.17) is 9.72 Å². The van der Waals surface area contributed by atoms with Crippen molar-refractivity contribution in [1.82, 2.24) is 9.97 Å². The van der Waals surface area contributed by atoms with Crippen LogP contribution in [0.1, 0.15) is 36.9 Å². The lowest BCUT2D eigenvalue weighted by atomic mass is 9.97. The van der Waals surface area contributed by atoms with Gasteiger partial charge in [-0.2, -0.15) is 0 Å². The number of benzene rings is 1. The van der Waals surface area contributed by atoms with Crippen molar-refractivity contribution in [3.8, 4) is 5.75 Å². The molecule has 1 aromatic carbocycles. The second-order valence-corrected chi connectivity index (χ2v) is 5.94. The van der Waals surface area contributed by atoms with Crippen molar-refractivity contribution in [2.24, 2.45) is 0 Å². The average molecular weight is 280 g/mol. The maximum absolute atomic E-state index is 5.31. The van der Waals surface area contributed by atoms with Gasteiger partial charge in [0, 0.05) is 17.1 Å². The van der Waals surface area contributed by atoms with Gasteiger partial charge in [-0.05, 0) is 49.4 Å². The largest absolute Gasteiger partial charge is 0.497 e. The lowest BCUT2D eigenvalue weighted by molar-refractivity contribution is 0.415. The van der Waals surface area contributed by atoms with Gasteiger partial charge in [-0.15, -0.1) is 0 Å². The van der Waals surface area contributed by atoms with Crippen molar-refractivity contribution in [2.75, 3.05) is 7.11 Å². The van der Waals surface area contributed by atoms with E-state index in [1.807, 2.05) is 6.07 Å². The first-order valence-electron chi connectivity index (χ1n) is 7.83. The number of pyridine rings is 1. The van der Waals surface area contributed by atoms with E-state index in [0.717, 1.165) is 35.1 Å². The second-order valence-electron chi connectivity index (χ2n) is 5.94. The third-order valence-corrected chi connectivity index (χ3v) is 4.55. The fourth-order valence-corrected chi connectivity index (χ4v) is 3.39. The molecule has 0 bridgehead atoms. The van der Waals surface area contributed by atoms with E-state index in [0.29, 0.717) is 0 Å². The average Bonchev–Trinajstić information content (AvgIpc) is 2.83. The molecule has 2 heterocycles. The van der Waals surface area contributed by atoms with Crippen LogP contribution in [0.15, 0.2) is 24.3 Å². The summed E-state index contributed by atoms with van der Waals surface area (Å²) in [7, 11) is 1.70. The van der Waals surface area contributed by atoms with Crippen molar-refractivity contribution in [2.45, 2.75) is 38.5 Å². The van der Waals surface area contributed by atoms with E-state index in [1.54, 1.807) is 7.11 Å². The first-order valence-corrected chi connectivity index (χ1v) is 7.83. The van der Waals surface area contributed by atoms with E-state index >= 15 is 0 Å². The van der Waals surface area contributed by atoms with Crippen molar-refractivity contribution >= 4 is 21.9 Å². The Morgan fingerprint density at radius 3 is 2.71 bits per heavy atom. The highest BCUT2D eigenvalue weighted by Crippen LogP contribution is 2.30. The predicted octanol–water partition coefficient (Wildman–Crippen LogP) is 4.38. The van der Waals surface area contributed by atoms with Crippen LogP contribution in [0.25, 0.3) is 21.9 Å². The van der Waals surface area contributed by atoms with E-state index < -0.39 is 0 Å². The van der Waals surface area contributed by atoms with Gasteiger partial charge in [0.25, 0.3) is 0 Å². The number of H-pyrrole nitrogens is 1. The monoisotopic (exact) mass is 280 g/mol. The molecule has 0 aliphatic heterocycles. The van der Waals surface area contributed by atoms with Crippen LogP contribution in [-0.4, -0.2) is 17.1 Å². The van der Waals surface area contributed by atoms with Crippen molar-refractivity contribution in [3.05, 3.63) is 35.5 Å². The molecule has 2 aromatic heterocycles. The highest BCUT2D eigenvalue weighted by atomic mass is 16.5. The van der Waals surface area contributed by atoms with E-state index in [9.17, 15) is 0 Å². The standard InChI is InChI=1S/C18H20N2O/c1-21-13-8-9-14-16(11-13)19-17-10-12-6-4-2-3-5-7-15(12)20-18(14)17/h8-11,19H,2-7H2,1H3. The molecule has 0 saturated heterocycles. The molecule has 3 heteroatoms. The molecular weight excluding hydrogens is 260 g/mol. The van der Waals surface area contributed by atoms with Crippen LogP contribution in [0.5, 0.6) is 5.75 Å². The minimum absolute atomic E-state index is 0.882. The molecule has 3 nitrogen and oxygen atoms in total. The van der Waals surface area contributed by atoms with Gasteiger partial charge in [-0.1, -0.05) is 12.8 Å². The highest BCUT2D eigenvalue weighted by Gasteiger charge is 2.13. The topological polar surface area (TPSA) is 37.9 Å². The van der Waals surface area contributed by atoms with Gasteiger partial charge >= 0.3 is 0 Å². The third-order valence-electron chi connectivity index (χ3n) is 4.55. The first kappa shape index (κ1) is 12.7. The van der Waals surface area contributed by atoms with Crippen LogP contribution < -0.4 is 4.74 Å². The Morgan fingerprint density at radius 2 is 1.86 bits per heavy atom. The summed E-state index contributed by atoms with van der Waals surface area (Å²) in [5.41, 5.74) is 6.10. The number of nitrogens with zero attached hydrogens (tertiary/aromatic N) is 1. The van der Waals surface area contributed by atoms with Gasteiger partial charge in [0.05, 0.1) is 23.7 Å². The summed E-state index contributed by atoms with van der Waals surface area (Å²) in [6.45, 7) is 0. The quantitative estimate of drug-likeness (QED) is 0.718. The molecule has 1 aliphatic rings. The van der Waals surface area contributed by atoms with E-state index in [1.165, 1.54) is 42.3 Å². The molecule has 0 spiro atoms. The zero-order valence-electron chi connectivity index (χ0n) is 12.4. The number of hydrogen-bond acceptors (Lipinski definition) is 2. The smallest absolute Gasteiger partial charge is 0.120 e. The summed E-state index contributed by atoms with van der Waals surface area (Å²) in [5, 5.41) is 1.19. The lowest BCUT2D eigenvalue weighted by Gasteiger charge is -2.12. The number of aromatic nitrogens is 2. The molecule has 3 aromatic rings. The van der Waals surface area contributed by atoms with Gasteiger partial charge in [-0.25, -0.2) is 0 Å². The highest BCUT2D eigenvalue weighted by molar-refractivity contribution is 6.05. The molecule has 0 fully saturated rings. The Balaban J connectivity index is 1.93. The minimum Gasteiger partial charge on any atom is -0.497 e. The summed E-state index contributed by atoms with van der Waals surface area (Å²) >= 11 is 0. The Kier molecular flexibility index (Phi) is 3.06. The van der Waals surface area contributed by atoms with Crippen LogP contribution in [0.3, 0.4) is 0 Å². The molecule has 0 atom stereocenters. The van der Waals surface area contributed by atoms with Crippen molar-refractivity contribution < 1.29 is 4.74 Å².